The van der Waals surface area contributed by atoms with E-state index in [9.17, 15) is 9.90 Å². The molecule has 7 nitrogen and oxygen atoms in total. The minimum absolute atomic E-state index is 0.281. The first-order valence-electron chi connectivity index (χ1n) is 13.3. The fourth-order valence-electron chi connectivity index (χ4n) is 4.70. The van der Waals surface area contributed by atoms with Gasteiger partial charge in [-0.2, -0.15) is 0 Å². The first kappa shape index (κ1) is 28.4. The number of rotatable bonds is 12. The standard InChI is InChI=1S/C31H38N4O3S/c1-25(24-34-18-20-35(21-19-34)31(36)37)23-32-39(33-28-13-15-29(38-2)16-14-28)22-17-30(26-9-5-3-6-10-26)27-11-7-4-8-12-27/h3-16,30H,1,17-24H2,2H3,(H,32,33)(H,36,37). The molecule has 2 N–H and O–H groups in total. The fourth-order valence-corrected chi connectivity index (χ4v) is 6.20. The summed E-state index contributed by atoms with van der Waals surface area (Å²) < 4.78 is 14.1. The molecule has 0 aromatic heterocycles. The van der Waals surface area contributed by atoms with Crippen LogP contribution in [0.15, 0.2) is 101 Å². The first-order valence-corrected chi connectivity index (χ1v) is 14.6. The molecule has 0 saturated carbocycles. The molecule has 3 aromatic carbocycles. The predicted octanol–water partition coefficient (Wildman–Crippen LogP) is 5.90. The Hall–Kier alpha value is -3.62. The van der Waals surface area contributed by atoms with Crippen LogP contribution in [0.4, 0.5) is 10.5 Å². The number of amides is 1. The van der Waals surface area contributed by atoms with Crippen LogP contribution in [0.3, 0.4) is 0 Å². The minimum atomic E-state index is -0.846. The van der Waals surface area contributed by atoms with Gasteiger partial charge in [0.05, 0.1) is 13.7 Å². The van der Waals surface area contributed by atoms with Crippen molar-refractivity contribution in [1.82, 2.24) is 9.80 Å². The van der Waals surface area contributed by atoms with E-state index in [2.05, 4.69) is 76.9 Å². The van der Waals surface area contributed by atoms with Crippen molar-refractivity contribution < 1.29 is 14.6 Å². The number of benzene rings is 3. The highest BCUT2D eigenvalue weighted by molar-refractivity contribution is 7.88. The molecule has 1 heterocycles. The van der Waals surface area contributed by atoms with Gasteiger partial charge < -0.3 is 19.5 Å². The number of methoxy groups -OCH3 is 1. The SMILES string of the molecule is C=C(CN=S(CCC(c1ccccc1)c1ccccc1)Nc1ccc(OC)cc1)CN1CCN(C(=O)O)CC1. The Morgan fingerprint density at radius 1 is 0.974 bits per heavy atom. The van der Waals surface area contributed by atoms with Gasteiger partial charge >= 0.3 is 6.09 Å². The van der Waals surface area contributed by atoms with Gasteiger partial charge in [-0.3, -0.25) is 4.90 Å². The Balaban J connectivity index is 1.45. The van der Waals surface area contributed by atoms with Crippen molar-refractivity contribution in [2.24, 2.45) is 4.36 Å². The van der Waals surface area contributed by atoms with Crippen molar-refractivity contribution in [3.63, 3.8) is 0 Å². The fraction of sp³-hybridized carbons (Fsp3) is 0.323. The van der Waals surface area contributed by atoms with Crippen LogP contribution in [-0.2, 0) is 10.9 Å². The van der Waals surface area contributed by atoms with Crippen molar-refractivity contribution in [1.29, 1.82) is 0 Å². The van der Waals surface area contributed by atoms with Crippen molar-refractivity contribution in [3.8, 4) is 5.75 Å². The number of nitrogens with zero attached hydrogens (tertiary/aromatic N) is 3. The summed E-state index contributed by atoms with van der Waals surface area (Å²) in [6.45, 7) is 8.08. The second-order valence-electron chi connectivity index (χ2n) is 9.65. The number of anilines is 1. The number of hydrogen-bond acceptors (Lipinski definition) is 4. The molecule has 8 heteroatoms. The van der Waals surface area contributed by atoms with Crippen LogP contribution in [0.5, 0.6) is 5.75 Å². The number of nitrogens with one attached hydrogen (secondary N) is 1. The Morgan fingerprint density at radius 2 is 1.56 bits per heavy atom. The number of ether oxygens (including phenoxy) is 1. The number of carbonyl (C=O) groups is 1. The molecule has 1 amide bonds. The summed E-state index contributed by atoms with van der Waals surface area (Å²) in [5.74, 6) is 1.98. The summed E-state index contributed by atoms with van der Waals surface area (Å²) >= 11 is 0. The van der Waals surface area contributed by atoms with E-state index in [1.54, 1.807) is 7.11 Å². The summed E-state index contributed by atoms with van der Waals surface area (Å²) in [4.78, 5) is 14.9. The first-order chi connectivity index (χ1) is 19.0. The monoisotopic (exact) mass is 546 g/mol. The summed E-state index contributed by atoms with van der Waals surface area (Å²) in [7, 11) is 1.25. The van der Waals surface area contributed by atoms with E-state index in [0.717, 1.165) is 48.8 Å². The number of carboxylic acid groups (broad SMARTS) is 1. The van der Waals surface area contributed by atoms with Crippen LogP contribution in [0.2, 0.25) is 0 Å². The third-order valence-corrected chi connectivity index (χ3v) is 8.40. The van der Waals surface area contributed by atoms with Gasteiger partial charge in [-0.1, -0.05) is 67.2 Å². The molecule has 0 radical (unpaired) electrons. The van der Waals surface area contributed by atoms with Crippen molar-refractivity contribution in [2.45, 2.75) is 12.3 Å². The van der Waals surface area contributed by atoms with E-state index in [1.165, 1.54) is 16.0 Å². The molecule has 3 aromatic rings. The molecule has 1 fully saturated rings. The summed E-state index contributed by atoms with van der Waals surface area (Å²) in [5, 5.41) is 9.20. The lowest BCUT2D eigenvalue weighted by Crippen LogP contribution is -2.48. The Bertz CT molecular complexity index is 1190. The maximum atomic E-state index is 11.2. The van der Waals surface area contributed by atoms with Crippen LogP contribution < -0.4 is 9.46 Å². The number of piperazine rings is 1. The molecule has 1 unspecified atom stereocenters. The van der Waals surface area contributed by atoms with Crippen molar-refractivity contribution in [2.75, 3.05) is 56.9 Å². The highest BCUT2D eigenvalue weighted by Gasteiger charge is 2.20. The average Bonchev–Trinajstić information content (AvgIpc) is 2.97. The zero-order chi connectivity index (χ0) is 27.5. The normalized spacial score (nSPS) is 14.8. The molecule has 0 bridgehead atoms. The molecule has 4 rings (SSSR count). The minimum Gasteiger partial charge on any atom is -0.497 e. The van der Waals surface area contributed by atoms with Crippen LogP contribution >= 0.6 is 0 Å². The van der Waals surface area contributed by atoms with E-state index < -0.39 is 17.0 Å². The van der Waals surface area contributed by atoms with E-state index in [-0.39, 0.29) is 5.92 Å². The van der Waals surface area contributed by atoms with Crippen LogP contribution in [0.1, 0.15) is 23.5 Å². The van der Waals surface area contributed by atoms with Gasteiger partial charge in [0.1, 0.15) is 5.75 Å². The topological polar surface area (TPSA) is 77.4 Å². The Labute approximate surface area is 234 Å². The summed E-state index contributed by atoms with van der Waals surface area (Å²) in [6, 6.07) is 29.3. The number of hydrogen-bond donors (Lipinski definition) is 2. The van der Waals surface area contributed by atoms with Crippen LogP contribution in [0, 0.1) is 0 Å². The maximum absolute atomic E-state index is 11.2. The highest BCUT2D eigenvalue weighted by atomic mass is 32.2. The lowest BCUT2D eigenvalue weighted by atomic mass is 9.89. The third kappa shape index (κ3) is 8.70. The van der Waals surface area contributed by atoms with Gasteiger partial charge in [0.2, 0.25) is 0 Å². The smallest absolute Gasteiger partial charge is 0.407 e. The lowest BCUT2D eigenvalue weighted by molar-refractivity contribution is 0.109. The molecule has 39 heavy (non-hydrogen) atoms. The van der Waals surface area contributed by atoms with Gasteiger partial charge in [-0.15, -0.1) is 0 Å². The largest absolute Gasteiger partial charge is 0.497 e. The van der Waals surface area contributed by atoms with Gasteiger partial charge in [-0.25, -0.2) is 9.16 Å². The molecule has 0 spiro atoms. The molecular formula is C31H38N4O3S. The van der Waals surface area contributed by atoms with Crippen LogP contribution in [0.25, 0.3) is 0 Å². The molecule has 1 aliphatic heterocycles. The molecule has 1 aliphatic rings. The zero-order valence-corrected chi connectivity index (χ0v) is 23.4. The second-order valence-corrected chi connectivity index (χ2v) is 11.2. The van der Waals surface area contributed by atoms with Gasteiger partial charge in [0, 0.05) is 50.1 Å². The molecule has 1 atom stereocenters. The van der Waals surface area contributed by atoms with E-state index in [0.29, 0.717) is 19.6 Å². The summed E-state index contributed by atoms with van der Waals surface area (Å²) in [6.07, 6.45) is 0.106. The van der Waals surface area contributed by atoms with E-state index in [4.69, 9.17) is 9.10 Å². The van der Waals surface area contributed by atoms with Crippen LogP contribution in [-0.4, -0.2) is 73.1 Å². The van der Waals surface area contributed by atoms with Crippen molar-refractivity contribution in [3.05, 3.63) is 108 Å². The lowest BCUT2D eigenvalue weighted by Gasteiger charge is -2.33. The summed E-state index contributed by atoms with van der Waals surface area (Å²) in [5.41, 5.74) is 4.66. The molecule has 1 saturated heterocycles. The van der Waals surface area contributed by atoms with Crippen molar-refractivity contribution >= 4 is 22.7 Å². The Kier molecular flexibility index (Phi) is 10.6. The van der Waals surface area contributed by atoms with Gasteiger partial charge in [-0.05, 0) is 58.3 Å². The van der Waals surface area contributed by atoms with Gasteiger partial charge in [0.15, 0.2) is 0 Å². The Morgan fingerprint density at radius 3 is 2.10 bits per heavy atom. The third-order valence-electron chi connectivity index (χ3n) is 6.86. The quantitative estimate of drug-likeness (QED) is 0.277. The molecule has 206 valence electrons. The highest BCUT2D eigenvalue weighted by Crippen LogP contribution is 2.28. The average molecular weight is 547 g/mol. The second kappa shape index (κ2) is 14.5. The van der Waals surface area contributed by atoms with Gasteiger partial charge in [0.25, 0.3) is 0 Å². The molecule has 0 aliphatic carbocycles. The van der Waals surface area contributed by atoms with E-state index >= 15 is 0 Å². The zero-order valence-electron chi connectivity index (χ0n) is 22.5. The predicted molar refractivity (Wildman–Crippen MR) is 161 cm³/mol. The molecular weight excluding hydrogens is 508 g/mol. The maximum Gasteiger partial charge on any atom is 0.407 e. The van der Waals surface area contributed by atoms with E-state index in [1.807, 2.05) is 24.3 Å².